The smallest absolute Gasteiger partial charge is 0.167 e. The predicted molar refractivity (Wildman–Crippen MR) is 87.4 cm³/mol. The van der Waals surface area contributed by atoms with Crippen LogP contribution in [-0.4, -0.2) is 82.0 Å². The van der Waals surface area contributed by atoms with Crippen LogP contribution in [0.5, 0.6) is 0 Å². The topological polar surface area (TPSA) is 60.6 Å². The Morgan fingerprint density at radius 1 is 0.750 bits per heavy atom. The molecule has 4 heterocycles. The van der Waals surface area contributed by atoms with Gasteiger partial charge in [-0.3, -0.25) is 14.5 Å². The fraction of sp³-hybridized carbons (Fsp3) is 0.625. The fourth-order valence-corrected chi connectivity index (χ4v) is 3.19. The number of nitrogens with zero attached hydrogens (tertiary/aromatic N) is 6. The third kappa shape index (κ3) is 3.51. The van der Waals surface area contributed by atoms with Crippen molar-refractivity contribution in [3.05, 3.63) is 36.2 Å². The van der Waals surface area contributed by atoms with E-state index in [4.69, 9.17) is 9.47 Å². The third-order valence-electron chi connectivity index (χ3n) is 4.53. The normalized spacial score (nSPS) is 20.5. The van der Waals surface area contributed by atoms with Crippen molar-refractivity contribution in [2.45, 2.75) is 13.1 Å². The average molecular weight is 332 g/mol. The maximum Gasteiger partial charge on any atom is 0.167 e. The number of hydrogen-bond donors (Lipinski definition) is 0. The highest BCUT2D eigenvalue weighted by Crippen LogP contribution is 2.12. The average Bonchev–Trinajstić information content (AvgIpc) is 3.27. The van der Waals surface area contributed by atoms with Crippen molar-refractivity contribution in [3.63, 3.8) is 0 Å². The maximum absolute atomic E-state index is 5.44. The summed E-state index contributed by atoms with van der Waals surface area (Å²) in [5.74, 6) is 1.94. The first kappa shape index (κ1) is 15.8. The molecule has 2 aliphatic heterocycles. The maximum atomic E-state index is 5.44. The van der Waals surface area contributed by atoms with Crippen molar-refractivity contribution in [2.75, 3.05) is 52.6 Å². The van der Waals surface area contributed by atoms with Gasteiger partial charge in [-0.05, 0) is 12.1 Å². The van der Waals surface area contributed by atoms with Crippen LogP contribution in [0, 0.1) is 0 Å². The monoisotopic (exact) mass is 332 g/mol. The summed E-state index contributed by atoms with van der Waals surface area (Å²) in [5.41, 5.74) is 0. The Morgan fingerprint density at radius 2 is 1.21 bits per heavy atom. The molecule has 0 spiro atoms. The summed E-state index contributed by atoms with van der Waals surface area (Å²) in [5, 5.41) is 8.97. The molecule has 8 heteroatoms. The van der Waals surface area contributed by atoms with Crippen LogP contribution in [0.2, 0.25) is 0 Å². The van der Waals surface area contributed by atoms with Crippen LogP contribution in [0.15, 0.2) is 24.5 Å². The fourth-order valence-electron chi connectivity index (χ4n) is 3.19. The summed E-state index contributed by atoms with van der Waals surface area (Å²) < 4.78 is 15.1. The Bertz CT molecular complexity index is 592. The minimum atomic E-state index is 0.789. The van der Waals surface area contributed by atoms with Gasteiger partial charge in [0.2, 0.25) is 0 Å². The van der Waals surface area contributed by atoms with E-state index in [-0.39, 0.29) is 0 Å². The van der Waals surface area contributed by atoms with Gasteiger partial charge in [0.05, 0.1) is 39.5 Å². The second kappa shape index (κ2) is 7.43. The molecular formula is C16H24N6O2. The zero-order valence-electron chi connectivity index (χ0n) is 13.9. The standard InChI is InChI=1S/C16H24N6O2/c1-2-4-21(3-1)22-15(13-19-5-9-23-10-6-19)17-18-16(22)14-20-7-11-24-12-8-20/h1-4H,5-14H2. The van der Waals surface area contributed by atoms with E-state index in [9.17, 15) is 0 Å². The van der Waals surface area contributed by atoms with E-state index in [1.54, 1.807) is 0 Å². The zero-order chi connectivity index (χ0) is 16.2. The van der Waals surface area contributed by atoms with E-state index >= 15 is 0 Å². The van der Waals surface area contributed by atoms with Gasteiger partial charge in [0.1, 0.15) is 0 Å². The molecule has 0 aliphatic carbocycles. The lowest BCUT2D eigenvalue weighted by Gasteiger charge is -2.27. The molecule has 0 radical (unpaired) electrons. The lowest BCUT2D eigenvalue weighted by atomic mass is 10.4. The van der Waals surface area contributed by atoms with Crippen molar-refractivity contribution in [1.29, 1.82) is 0 Å². The van der Waals surface area contributed by atoms with Crippen LogP contribution in [-0.2, 0) is 22.6 Å². The summed E-state index contributed by atoms with van der Waals surface area (Å²) in [4.78, 5) is 4.73. The van der Waals surface area contributed by atoms with Gasteiger partial charge in [-0.25, -0.2) is 4.68 Å². The van der Waals surface area contributed by atoms with Crippen molar-refractivity contribution in [1.82, 2.24) is 29.3 Å². The van der Waals surface area contributed by atoms with E-state index in [1.165, 1.54) is 0 Å². The van der Waals surface area contributed by atoms with E-state index in [1.807, 2.05) is 24.5 Å². The predicted octanol–water partition coefficient (Wildman–Crippen LogP) is 0.0554. The van der Waals surface area contributed by atoms with Crippen LogP contribution in [0.25, 0.3) is 0 Å². The number of hydrogen-bond acceptors (Lipinski definition) is 6. The molecule has 4 rings (SSSR count). The van der Waals surface area contributed by atoms with Crippen molar-refractivity contribution in [3.8, 4) is 0 Å². The lowest BCUT2D eigenvalue weighted by Crippen LogP contribution is -2.38. The molecule has 0 unspecified atom stereocenters. The molecule has 0 amide bonds. The van der Waals surface area contributed by atoms with Crippen molar-refractivity contribution >= 4 is 0 Å². The molecule has 0 saturated carbocycles. The highest BCUT2D eigenvalue weighted by Gasteiger charge is 2.20. The molecule has 0 N–H and O–H groups in total. The van der Waals surface area contributed by atoms with Crippen LogP contribution >= 0.6 is 0 Å². The summed E-state index contributed by atoms with van der Waals surface area (Å²) in [6.45, 7) is 8.51. The summed E-state index contributed by atoms with van der Waals surface area (Å²) >= 11 is 0. The van der Waals surface area contributed by atoms with E-state index in [2.05, 4.69) is 29.3 Å². The Morgan fingerprint density at radius 3 is 1.67 bits per heavy atom. The van der Waals surface area contributed by atoms with Crippen molar-refractivity contribution < 1.29 is 9.47 Å². The molecule has 0 atom stereocenters. The van der Waals surface area contributed by atoms with Crippen molar-refractivity contribution in [2.24, 2.45) is 0 Å². The van der Waals surface area contributed by atoms with Gasteiger partial charge in [0, 0.05) is 38.6 Å². The molecule has 2 aromatic heterocycles. The largest absolute Gasteiger partial charge is 0.379 e. The molecule has 2 aliphatic rings. The summed E-state index contributed by atoms with van der Waals surface area (Å²) in [6.07, 6.45) is 4.07. The highest BCUT2D eigenvalue weighted by atomic mass is 16.5. The number of morpholine rings is 2. The van der Waals surface area contributed by atoms with Crippen LogP contribution in [0.3, 0.4) is 0 Å². The van der Waals surface area contributed by atoms with Gasteiger partial charge in [-0.15, -0.1) is 10.2 Å². The minimum Gasteiger partial charge on any atom is -0.379 e. The van der Waals surface area contributed by atoms with Gasteiger partial charge in [-0.1, -0.05) is 0 Å². The first-order chi connectivity index (χ1) is 11.9. The van der Waals surface area contributed by atoms with Crippen LogP contribution in [0.1, 0.15) is 11.6 Å². The van der Waals surface area contributed by atoms with Gasteiger partial charge in [0.15, 0.2) is 11.6 Å². The Balaban J connectivity index is 1.56. The number of ether oxygens (including phenoxy) is 2. The first-order valence-corrected chi connectivity index (χ1v) is 8.57. The lowest BCUT2D eigenvalue weighted by molar-refractivity contribution is 0.0309. The van der Waals surface area contributed by atoms with E-state index in [0.29, 0.717) is 0 Å². The number of rotatable bonds is 5. The molecule has 2 saturated heterocycles. The number of aromatic nitrogens is 4. The highest BCUT2D eigenvalue weighted by molar-refractivity contribution is 5.02. The molecule has 2 fully saturated rings. The van der Waals surface area contributed by atoms with Crippen LogP contribution in [0.4, 0.5) is 0 Å². The van der Waals surface area contributed by atoms with Gasteiger partial charge >= 0.3 is 0 Å². The van der Waals surface area contributed by atoms with Gasteiger partial charge < -0.3 is 9.47 Å². The quantitative estimate of drug-likeness (QED) is 0.771. The molecule has 24 heavy (non-hydrogen) atoms. The minimum absolute atomic E-state index is 0.789. The Hall–Kier alpha value is -1.74. The molecule has 0 aromatic carbocycles. The summed E-state index contributed by atoms with van der Waals surface area (Å²) in [7, 11) is 0. The second-order valence-corrected chi connectivity index (χ2v) is 6.18. The van der Waals surface area contributed by atoms with Gasteiger partial charge in [-0.2, -0.15) is 0 Å². The molecule has 2 aromatic rings. The second-order valence-electron chi connectivity index (χ2n) is 6.18. The molecule has 0 bridgehead atoms. The van der Waals surface area contributed by atoms with Crippen LogP contribution < -0.4 is 0 Å². The molecule has 8 nitrogen and oxygen atoms in total. The molecule has 130 valence electrons. The Kier molecular flexibility index (Phi) is 4.88. The van der Waals surface area contributed by atoms with Gasteiger partial charge in [0.25, 0.3) is 0 Å². The first-order valence-electron chi connectivity index (χ1n) is 8.57. The van der Waals surface area contributed by atoms with E-state index in [0.717, 1.165) is 77.3 Å². The summed E-state index contributed by atoms with van der Waals surface area (Å²) in [6, 6.07) is 4.05. The third-order valence-corrected chi connectivity index (χ3v) is 4.53. The Labute approximate surface area is 141 Å². The van der Waals surface area contributed by atoms with E-state index < -0.39 is 0 Å². The SMILES string of the molecule is c1ccn(-n2c(CN3CCOCC3)nnc2CN2CCOCC2)c1. The zero-order valence-corrected chi connectivity index (χ0v) is 13.9. The molecular weight excluding hydrogens is 308 g/mol.